The first-order chi connectivity index (χ1) is 8.70. The third kappa shape index (κ3) is 2.86. The van der Waals surface area contributed by atoms with E-state index in [1.807, 2.05) is 31.2 Å². The zero-order valence-corrected chi connectivity index (χ0v) is 10.1. The zero-order valence-electron chi connectivity index (χ0n) is 10.1. The van der Waals surface area contributed by atoms with E-state index in [0.29, 0.717) is 5.56 Å². The van der Waals surface area contributed by atoms with Gasteiger partial charge in [0, 0.05) is 11.6 Å². The highest BCUT2D eigenvalue weighted by molar-refractivity contribution is 5.33. The fraction of sp³-hybridized carbons (Fsp3) is 0.200. The van der Waals surface area contributed by atoms with E-state index < -0.39 is 11.6 Å². The molecule has 3 heteroatoms. The van der Waals surface area contributed by atoms with Gasteiger partial charge in [-0.05, 0) is 30.2 Å². The lowest BCUT2D eigenvalue weighted by atomic mass is 10.1. The Bertz CT molecular complexity index is 538. The Hall–Kier alpha value is -1.90. The summed E-state index contributed by atoms with van der Waals surface area (Å²) in [4.78, 5) is 0. The summed E-state index contributed by atoms with van der Waals surface area (Å²) in [7, 11) is 0. The molecule has 0 saturated heterocycles. The van der Waals surface area contributed by atoms with Crippen LogP contribution in [0.5, 0.6) is 5.75 Å². The predicted molar refractivity (Wildman–Crippen MR) is 66.5 cm³/mol. The first-order valence-corrected chi connectivity index (χ1v) is 5.85. The number of rotatable bonds is 4. The van der Waals surface area contributed by atoms with Gasteiger partial charge in [0.2, 0.25) is 0 Å². The molecule has 0 aliphatic rings. The van der Waals surface area contributed by atoms with Crippen molar-refractivity contribution >= 4 is 0 Å². The van der Waals surface area contributed by atoms with Crippen molar-refractivity contribution in [3.05, 3.63) is 65.2 Å². The van der Waals surface area contributed by atoms with Crippen molar-refractivity contribution in [2.24, 2.45) is 0 Å². The van der Waals surface area contributed by atoms with Crippen molar-refractivity contribution in [1.82, 2.24) is 0 Å². The Kier molecular flexibility index (Phi) is 3.92. The molecule has 18 heavy (non-hydrogen) atoms. The van der Waals surface area contributed by atoms with E-state index in [2.05, 4.69) is 0 Å². The summed E-state index contributed by atoms with van der Waals surface area (Å²) in [5, 5.41) is 0. The highest BCUT2D eigenvalue weighted by atomic mass is 19.1. The fourth-order valence-electron chi connectivity index (χ4n) is 1.73. The summed E-state index contributed by atoms with van der Waals surface area (Å²) in [5.74, 6) is -0.419. The molecule has 0 unspecified atom stereocenters. The molecule has 0 atom stereocenters. The maximum atomic E-state index is 13.4. The molecule has 2 aromatic rings. The van der Waals surface area contributed by atoms with Crippen LogP contribution >= 0.6 is 0 Å². The summed E-state index contributed by atoms with van der Waals surface area (Å²) in [5.41, 5.74) is 1.42. The number of aryl methyl sites for hydroxylation is 1. The van der Waals surface area contributed by atoms with Crippen LogP contribution in [-0.2, 0) is 13.0 Å². The smallest absolute Gasteiger partial charge is 0.132 e. The molecule has 0 saturated carbocycles. The minimum absolute atomic E-state index is 0.100. The van der Waals surface area contributed by atoms with Gasteiger partial charge >= 0.3 is 0 Å². The molecule has 1 nitrogen and oxygen atoms in total. The summed E-state index contributed by atoms with van der Waals surface area (Å²) >= 11 is 0. The first-order valence-electron chi connectivity index (χ1n) is 5.85. The van der Waals surface area contributed by atoms with Gasteiger partial charge < -0.3 is 4.74 Å². The average molecular weight is 248 g/mol. The van der Waals surface area contributed by atoms with Crippen molar-refractivity contribution in [3.8, 4) is 5.75 Å². The zero-order chi connectivity index (χ0) is 13.0. The Morgan fingerprint density at radius 1 is 1.00 bits per heavy atom. The van der Waals surface area contributed by atoms with E-state index in [0.717, 1.165) is 23.8 Å². The van der Waals surface area contributed by atoms with Crippen LogP contribution in [0.4, 0.5) is 8.78 Å². The van der Waals surface area contributed by atoms with E-state index in [9.17, 15) is 8.78 Å². The number of hydrogen-bond donors (Lipinski definition) is 0. The molecule has 0 aliphatic carbocycles. The Morgan fingerprint density at radius 2 is 1.78 bits per heavy atom. The van der Waals surface area contributed by atoms with Gasteiger partial charge in [0.1, 0.15) is 24.0 Å². The predicted octanol–water partition coefficient (Wildman–Crippen LogP) is 4.11. The molecule has 0 spiro atoms. The van der Waals surface area contributed by atoms with E-state index in [-0.39, 0.29) is 6.61 Å². The van der Waals surface area contributed by atoms with Crippen LogP contribution in [0.15, 0.2) is 42.5 Å². The van der Waals surface area contributed by atoms with Crippen LogP contribution in [0.3, 0.4) is 0 Å². The highest BCUT2D eigenvalue weighted by Crippen LogP contribution is 2.20. The van der Waals surface area contributed by atoms with Gasteiger partial charge in [-0.25, -0.2) is 8.78 Å². The largest absolute Gasteiger partial charge is 0.489 e. The van der Waals surface area contributed by atoms with Crippen LogP contribution in [0, 0.1) is 11.6 Å². The molecule has 2 aromatic carbocycles. The number of benzene rings is 2. The second-order valence-electron chi connectivity index (χ2n) is 3.99. The van der Waals surface area contributed by atoms with Gasteiger partial charge in [0.15, 0.2) is 0 Å². The Morgan fingerprint density at radius 3 is 2.50 bits per heavy atom. The summed E-state index contributed by atoms with van der Waals surface area (Å²) in [6.45, 7) is 2.13. The standard InChI is InChI=1S/C15H14F2O/c1-2-11-5-3-4-6-15(11)18-10-12-7-8-13(16)9-14(12)17/h3-9H,2,10H2,1H3. The number of ether oxygens (including phenoxy) is 1. The molecule has 0 heterocycles. The van der Waals surface area contributed by atoms with Crippen LogP contribution in [-0.4, -0.2) is 0 Å². The van der Waals surface area contributed by atoms with Crippen molar-refractivity contribution in [2.75, 3.05) is 0 Å². The third-order valence-electron chi connectivity index (χ3n) is 2.75. The lowest BCUT2D eigenvalue weighted by molar-refractivity contribution is 0.296. The molecule has 0 N–H and O–H groups in total. The van der Waals surface area contributed by atoms with Gasteiger partial charge in [-0.15, -0.1) is 0 Å². The quantitative estimate of drug-likeness (QED) is 0.791. The molecule has 0 bridgehead atoms. The molecular weight excluding hydrogens is 234 g/mol. The lowest BCUT2D eigenvalue weighted by Gasteiger charge is -2.10. The van der Waals surface area contributed by atoms with E-state index in [1.54, 1.807) is 0 Å². The first kappa shape index (κ1) is 12.6. The summed E-state index contributed by atoms with van der Waals surface area (Å²) in [6.07, 6.45) is 0.849. The molecule has 0 amide bonds. The fourth-order valence-corrected chi connectivity index (χ4v) is 1.73. The van der Waals surface area contributed by atoms with E-state index in [1.165, 1.54) is 12.1 Å². The monoisotopic (exact) mass is 248 g/mol. The molecule has 0 aromatic heterocycles. The number of para-hydroxylation sites is 1. The van der Waals surface area contributed by atoms with Crippen LogP contribution in [0.25, 0.3) is 0 Å². The average Bonchev–Trinajstić information content (AvgIpc) is 2.38. The second kappa shape index (κ2) is 5.63. The van der Waals surface area contributed by atoms with Crippen molar-refractivity contribution < 1.29 is 13.5 Å². The SMILES string of the molecule is CCc1ccccc1OCc1ccc(F)cc1F. The number of halogens is 2. The van der Waals surface area contributed by atoms with Crippen molar-refractivity contribution in [1.29, 1.82) is 0 Å². The lowest BCUT2D eigenvalue weighted by Crippen LogP contribution is -2.00. The molecule has 0 radical (unpaired) electrons. The van der Waals surface area contributed by atoms with Crippen LogP contribution in [0.2, 0.25) is 0 Å². The normalized spacial score (nSPS) is 10.4. The van der Waals surface area contributed by atoms with Crippen molar-refractivity contribution in [2.45, 2.75) is 20.0 Å². The topological polar surface area (TPSA) is 9.23 Å². The van der Waals surface area contributed by atoms with Crippen molar-refractivity contribution in [3.63, 3.8) is 0 Å². The minimum Gasteiger partial charge on any atom is -0.489 e. The van der Waals surface area contributed by atoms with Gasteiger partial charge in [-0.2, -0.15) is 0 Å². The second-order valence-corrected chi connectivity index (χ2v) is 3.99. The van der Waals surface area contributed by atoms with Gasteiger partial charge in [0.05, 0.1) is 0 Å². The minimum atomic E-state index is -0.580. The van der Waals surface area contributed by atoms with Crippen LogP contribution in [0.1, 0.15) is 18.1 Å². The van der Waals surface area contributed by atoms with Crippen LogP contribution < -0.4 is 4.74 Å². The Labute approximate surface area is 105 Å². The van der Waals surface area contributed by atoms with Gasteiger partial charge in [-0.3, -0.25) is 0 Å². The maximum absolute atomic E-state index is 13.4. The molecule has 94 valence electrons. The molecule has 0 aliphatic heterocycles. The van der Waals surface area contributed by atoms with Gasteiger partial charge in [0.25, 0.3) is 0 Å². The molecule has 0 fully saturated rings. The third-order valence-corrected chi connectivity index (χ3v) is 2.75. The maximum Gasteiger partial charge on any atom is 0.132 e. The summed E-state index contributed by atoms with van der Waals surface area (Å²) < 4.78 is 31.7. The number of hydrogen-bond acceptors (Lipinski definition) is 1. The Balaban J connectivity index is 2.11. The molecular formula is C15H14F2O. The summed E-state index contributed by atoms with van der Waals surface area (Å²) in [6, 6.07) is 11.1. The van der Waals surface area contributed by atoms with E-state index in [4.69, 9.17) is 4.74 Å². The highest BCUT2D eigenvalue weighted by Gasteiger charge is 2.06. The molecule has 2 rings (SSSR count). The van der Waals surface area contributed by atoms with Gasteiger partial charge in [-0.1, -0.05) is 25.1 Å². The van der Waals surface area contributed by atoms with E-state index >= 15 is 0 Å².